The van der Waals surface area contributed by atoms with Gasteiger partial charge in [0.25, 0.3) is 0 Å². The summed E-state index contributed by atoms with van der Waals surface area (Å²) in [6.45, 7) is -0.974. The zero-order valence-corrected chi connectivity index (χ0v) is 8.15. The Morgan fingerprint density at radius 2 is 1.86 bits per heavy atom. The molecule has 0 saturated heterocycles. The number of nitrogens with zero attached hydrogens (tertiary/aromatic N) is 1. The Kier molecular flexibility index (Phi) is 3.89. The molecule has 0 aromatic heterocycles. The Morgan fingerprint density at radius 1 is 1.43 bits per heavy atom. The number of esters is 1. The Bertz CT molecular complexity index is 309. The van der Waals surface area contributed by atoms with Crippen LogP contribution in [0.3, 0.4) is 0 Å². The minimum Gasteiger partial charge on any atom is -0.468 e. The summed E-state index contributed by atoms with van der Waals surface area (Å²) in [5, 5.41) is 0. The van der Waals surface area contributed by atoms with E-state index >= 15 is 0 Å². The van der Waals surface area contributed by atoms with Crippen molar-refractivity contribution in [3.63, 3.8) is 0 Å². The maximum Gasteiger partial charge on any atom is 0.511 e. The van der Waals surface area contributed by atoms with Crippen molar-refractivity contribution in [1.82, 2.24) is 4.31 Å². The highest BCUT2D eigenvalue weighted by Gasteiger charge is 2.49. The van der Waals surface area contributed by atoms with Crippen LogP contribution >= 0.6 is 0 Å². The lowest BCUT2D eigenvalue weighted by atomic mass is 10.7. The van der Waals surface area contributed by atoms with Crippen LogP contribution in [0.5, 0.6) is 0 Å². The lowest BCUT2D eigenvalue weighted by Crippen LogP contribution is -2.41. The average Bonchev–Trinajstić information content (AvgIpc) is 2.01. The van der Waals surface area contributed by atoms with Gasteiger partial charge in [-0.3, -0.25) is 4.79 Å². The molecule has 0 rings (SSSR count). The largest absolute Gasteiger partial charge is 0.511 e. The van der Waals surface area contributed by atoms with Gasteiger partial charge in [-0.2, -0.15) is 17.5 Å². The molecule has 0 unspecified atom stereocenters. The van der Waals surface area contributed by atoms with E-state index in [1.54, 1.807) is 0 Å². The summed E-state index contributed by atoms with van der Waals surface area (Å²) < 4.78 is 60.7. The van der Waals surface area contributed by atoms with Crippen LogP contribution in [-0.4, -0.2) is 44.9 Å². The zero-order chi connectivity index (χ0) is 11.6. The van der Waals surface area contributed by atoms with Crippen molar-refractivity contribution in [1.29, 1.82) is 0 Å². The highest BCUT2D eigenvalue weighted by Crippen LogP contribution is 2.25. The predicted molar refractivity (Wildman–Crippen MR) is 39.6 cm³/mol. The summed E-state index contributed by atoms with van der Waals surface area (Å²) in [5.41, 5.74) is -5.41. The van der Waals surface area contributed by atoms with Crippen molar-refractivity contribution in [2.75, 3.05) is 20.7 Å². The number of ether oxygens (including phenoxy) is 1. The molecule has 0 bridgehead atoms. The van der Waals surface area contributed by atoms with Crippen molar-refractivity contribution in [2.24, 2.45) is 0 Å². The van der Waals surface area contributed by atoms with Gasteiger partial charge in [-0.05, 0) is 0 Å². The number of methoxy groups -OCH3 is 1. The lowest BCUT2D eigenvalue weighted by molar-refractivity contribution is -0.140. The topological polar surface area (TPSA) is 63.7 Å². The number of sulfonamides is 1. The Hall–Kier alpha value is -0.830. The molecule has 0 atom stereocenters. The standard InChI is InChI=1S/C5H8F3NO4S/c1-9(3-4(10)13-2)14(11,12)5(6,7)8/h3H2,1-2H3. The molecule has 0 aliphatic heterocycles. The van der Waals surface area contributed by atoms with E-state index in [0.29, 0.717) is 7.05 Å². The monoisotopic (exact) mass is 235 g/mol. The number of rotatable bonds is 3. The SMILES string of the molecule is COC(=O)CN(C)S(=O)(=O)C(F)(F)F. The summed E-state index contributed by atoms with van der Waals surface area (Å²) in [6, 6.07) is 0. The minimum absolute atomic E-state index is 0.126. The fraction of sp³-hybridized carbons (Fsp3) is 0.800. The molecule has 0 heterocycles. The summed E-state index contributed by atoms with van der Waals surface area (Å²) >= 11 is 0. The average molecular weight is 235 g/mol. The molecule has 0 aromatic carbocycles. The molecule has 9 heteroatoms. The summed E-state index contributed by atoms with van der Waals surface area (Å²) in [6.07, 6.45) is 0. The van der Waals surface area contributed by atoms with Crippen LogP contribution in [0.4, 0.5) is 13.2 Å². The van der Waals surface area contributed by atoms with E-state index in [1.807, 2.05) is 0 Å². The molecule has 0 radical (unpaired) electrons. The molecule has 0 aliphatic rings. The Labute approximate surface area is 78.5 Å². The third-order valence-electron chi connectivity index (χ3n) is 1.28. The van der Waals surface area contributed by atoms with Gasteiger partial charge in [0.05, 0.1) is 7.11 Å². The second-order valence-corrected chi connectivity index (χ2v) is 4.32. The van der Waals surface area contributed by atoms with Crippen molar-refractivity contribution in [3.05, 3.63) is 0 Å². The summed E-state index contributed by atoms with van der Waals surface area (Å²) in [7, 11) is -3.87. The minimum atomic E-state index is -5.45. The van der Waals surface area contributed by atoms with E-state index in [1.165, 1.54) is 0 Å². The van der Waals surface area contributed by atoms with Crippen molar-refractivity contribution in [3.8, 4) is 0 Å². The number of halogens is 3. The molecule has 0 saturated carbocycles. The molecule has 0 fully saturated rings. The van der Waals surface area contributed by atoms with Gasteiger partial charge >= 0.3 is 21.5 Å². The van der Waals surface area contributed by atoms with Crippen molar-refractivity contribution < 1.29 is 31.1 Å². The van der Waals surface area contributed by atoms with Gasteiger partial charge < -0.3 is 4.74 Å². The third kappa shape index (κ3) is 2.84. The fourth-order valence-corrected chi connectivity index (χ4v) is 1.14. The van der Waals surface area contributed by atoms with Gasteiger partial charge in [0, 0.05) is 7.05 Å². The van der Waals surface area contributed by atoms with E-state index in [-0.39, 0.29) is 4.31 Å². The number of carbonyl (C=O) groups excluding carboxylic acids is 1. The number of hydrogen-bond donors (Lipinski definition) is 0. The second-order valence-electron chi connectivity index (χ2n) is 2.28. The molecule has 0 aromatic rings. The second kappa shape index (κ2) is 4.13. The van der Waals surface area contributed by atoms with Crippen molar-refractivity contribution >= 4 is 16.0 Å². The molecule has 14 heavy (non-hydrogen) atoms. The van der Waals surface area contributed by atoms with Gasteiger partial charge in [0.15, 0.2) is 0 Å². The molecule has 84 valence electrons. The molecular weight excluding hydrogens is 227 g/mol. The first kappa shape index (κ1) is 13.2. The van der Waals surface area contributed by atoms with Gasteiger partial charge in [-0.15, -0.1) is 0 Å². The highest BCUT2D eigenvalue weighted by atomic mass is 32.2. The molecular formula is C5H8F3NO4S. The van der Waals surface area contributed by atoms with Crippen LogP contribution in [0.25, 0.3) is 0 Å². The van der Waals surface area contributed by atoms with E-state index in [2.05, 4.69) is 4.74 Å². The van der Waals surface area contributed by atoms with Crippen LogP contribution in [0.15, 0.2) is 0 Å². The number of hydrogen-bond acceptors (Lipinski definition) is 4. The number of likely N-dealkylation sites (N-methyl/N-ethyl adjacent to an activating group) is 1. The first-order valence-electron chi connectivity index (χ1n) is 3.22. The molecule has 0 amide bonds. The fourth-order valence-electron chi connectivity index (χ4n) is 0.508. The first-order valence-corrected chi connectivity index (χ1v) is 4.66. The molecule has 0 N–H and O–H groups in total. The van der Waals surface area contributed by atoms with E-state index in [0.717, 1.165) is 7.11 Å². The lowest BCUT2D eigenvalue weighted by Gasteiger charge is -2.17. The third-order valence-corrected chi connectivity index (χ3v) is 2.82. The van der Waals surface area contributed by atoms with Crippen LogP contribution < -0.4 is 0 Å². The summed E-state index contributed by atoms with van der Waals surface area (Å²) in [4.78, 5) is 10.5. The predicted octanol–water partition coefficient (Wildman–Crippen LogP) is -0.0592. The maximum atomic E-state index is 11.9. The van der Waals surface area contributed by atoms with Gasteiger partial charge in [0.2, 0.25) is 0 Å². The summed E-state index contributed by atoms with van der Waals surface area (Å²) in [5.74, 6) is -1.07. The van der Waals surface area contributed by atoms with Crippen LogP contribution in [0.1, 0.15) is 0 Å². The molecule has 0 aliphatic carbocycles. The number of alkyl halides is 3. The Morgan fingerprint density at radius 3 is 2.14 bits per heavy atom. The molecule has 5 nitrogen and oxygen atoms in total. The normalized spacial score (nSPS) is 13.0. The Balaban J connectivity index is 4.71. The van der Waals surface area contributed by atoms with Crippen LogP contribution in [0, 0.1) is 0 Å². The molecule has 0 spiro atoms. The van der Waals surface area contributed by atoms with Crippen LogP contribution in [-0.2, 0) is 19.6 Å². The van der Waals surface area contributed by atoms with Crippen LogP contribution in [0.2, 0.25) is 0 Å². The van der Waals surface area contributed by atoms with Crippen molar-refractivity contribution in [2.45, 2.75) is 5.51 Å². The van der Waals surface area contributed by atoms with E-state index < -0.39 is 28.0 Å². The smallest absolute Gasteiger partial charge is 0.468 e. The highest BCUT2D eigenvalue weighted by molar-refractivity contribution is 7.90. The zero-order valence-electron chi connectivity index (χ0n) is 7.33. The van der Waals surface area contributed by atoms with Gasteiger partial charge in [-0.25, -0.2) is 8.42 Å². The quantitative estimate of drug-likeness (QED) is 0.643. The van der Waals surface area contributed by atoms with E-state index in [9.17, 15) is 26.4 Å². The van der Waals surface area contributed by atoms with E-state index in [4.69, 9.17) is 0 Å². The van der Waals surface area contributed by atoms with Gasteiger partial charge in [-0.1, -0.05) is 0 Å². The number of carbonyl (C=O) groups is 1. The van der Waals surface area contributed by atoms with Gasteiger partial charge in [0.1, 0.15) is 6.54 Å². The first-order chi connectivity index (χ1) is 6.13. The maximum absolute atomic E-state index is 11.9.